The van der Waals surface area contributed by atoms with Gasteiger partial charge >= 0.3 is 0 Å². The Morgan fingerprint density at radius 2 is 1.33 bits per heavy atom. The van der Waals surface area contributed by atoms with Gasteiger partial charge in [0, 0.05) is 24.7 Å². The van der Waals surface area contributed by atoms with Crippen LogP contribution in [-0.4, -0.2) is 15.0 Å². The van der Waals surface area contributed by atoms with Crippen LogP contribution in [0.3, 0.4) is 0 Å². The summed E-state index contributed by atoms with van der Waals surface area (Å²) < 4.78 is 5.75. The molecule has 110 valence electrons. The molecule has 0 aliphatic carbocycles. The lowest BCUT2D eigenvalue weighted by molar-refractivity contribution is 0.486. The van der Waals surface area contributed by atoms with Crippen LogP contribution in [0.2, 0.25) is 0 Å². The maximum absolute atomic E-state index is 5.75. The molecule has 0 amide bonds. The molecule has 1 aromatic carbocycles. The van der Waals surface area contributed by atoms with E-state index in [0.717, 1.165) is 5.75 Å². The topological polar surface area (TPSA) is 47.9 Å². The summed E-state index contributed by atoms with van der Waals surface area (Å²) in [7, 11) is 0. The van der Waals surface area contributed by atoms with E-state index in [2.05, 4.69) is 15.0 Å². The van der Waals surface area contributed by atoms with Crippen LogP contribution in [0.1, 0.15) is 27.7 Å². The fraction of sp³-hybridized carbons (Fsp3) is 0.235. The van der Waals surface area contributed by atoms with Crippen molar-refractivity contribution in [2.45, 2.75) is 27.7 Å². The first-order valence-corrected chi connectivity index (χ1v) is 7.22. The van der Waals surface area contributed by atoms with Crippen LogP contribution in [0.4, 0.5) is 0 Å². The van der Waals surface area contributed by atoms with Crippen LogP contribution in [0, 0.1) is 0 Å². The summed E-state index contributed by atoms with van der Waals surface area (Å²) in [6.45, 7) is 8.00. The number of nitrogens with zero attached hydrogens (tertiary/aromatic N) is 3. The fourth-order valence-electron chi connectivity index (χ4n) is 1.55. The molecule has 3 aromatic rings. The number of benzene rings is 1. The lowest BCUT2D eigenvalue weighted by atomic mass is 10.3. The molecule has 0 fully saturated rings. The first-order valence-electron chi connectivity index (χ1n) is 7.22. The van der Waals surface area contributed by atoms with Crippen LogP contribution < -0.4 is 4.74 Å². The van der Waals surface area contributed by atoms with Gasteiger partial charge < -0.3 is 4.74 Å². The number of pyridine rings is 1. The van der Waals surface area contributed by atoms with E-state index in [0.29, 0.717) is 16.9 Å². The van der Waals surface area contributed by atoms with Gasteiger partial charge in [-0.25, -0.2) is 15.0 Å². The van der Waals surface area contributed by atoms with Crippen molar-refractivity contribution >= 4 is 11.2 Å². The summed E-state index contributed by atoms with van der Waals surface area (Å²) in [5.41, 5.74) is 1.25. The maximum atomic E-state index is 5.75. The van der Waals surface area contributed by atoms with Crippen molar-refractivity contribution in [3.8, 4) is 11.5 Å². The highest BCUT2D eigenvalue weighted by Gasteiger charge is 2.05. The summed E-state index contributed by atoms with van der Waals surface area (Å²) in [6.07, 6.45) is 4.90. The minimum absolute atomic E-state index is 0.584. The van der Waals surface area contributed by atoms with E-state index in [1.54, 1.807) is 24.7 Å². The molecule has 0 spiro atoms. The van der Waals surface area contributed by atoms with Gasteiger partial charge in [0.2, 0.25) is 0 Å². The Morgan fingerprint density at radius 1 is 0.714 bits per heavy atom. The van der Waals surface area contributed by atoms with Crippen molar-refractivity contribution in [2.75, 3.05) is 0 Å². The molecule has 4 nitrogen and oxygen atoms in total. The van der Waals surface area contributed by atoms with Crippen LogP contribution in [0.25, 0.3) is 11.2 Å². The Balaban J connectivity index is 0.000000510. The zero-order chi connectivity index (χ0) is 15.5. The van der Waals surface area contributed by atoms with E-state index in [1.165, 1.54) is 0 Å². The summed E-state index contributed by atoms with van der Waals surface area (Å²) in [5.74, 6) is 1.43. The highest BCUT2D eigenvalue weighted by atomic mass is 16.5. The summed E-state index contributed by atoms with van der Waals surface area (Å²) in [5, 5.41) is 0. The Labute approximate surface area is 125 Å². The van der Waals surface area contributed by atoms with E-state index in [-0.39, 0.29) is 0 Å². The molecule has 2 heterocycles. The highest BCUT2D eigenvalue weighted by Crippen LogP contribution is 2.25. The van der Waals surface area contributed by atoms with Gasteiger partial charge in [-0.15, -0.1) is 0 Å². The van der Waals surface area contributed by atoms with Gasteiger partial charge in [0.1, 0.15) is 5.75 Å². The van der Waals surface area contributed by atoms with Crippen LogP contribution in [0.5, 0.6) is 11.5 Å². The quantitative estimate of drug-likeness (QED) is 0.673. The van der Waals surface area contributed by atoms with E-state index in [1.807, 2.05) is 58.0 Å². The van der Waals surface area contributed by atoms with Crippen LogP contribution >= 0.6 is 0 Å². The number of rotatable bonds is 2. The highest BCUT2D eigenvalue weighted by molar-refractivity contribution is 5.76. The summed E-state index contributed by atoms with van der Waals surface area (Å²) >= 11 is 0. The van der Waals surface area contributed by atoms with Gasteiger partial charge in [-0.1, -0.05) is 45.9 Å². The zero-order valence-electron chi connectivity index (χ0n) is 12.9. The largest absolute Gasteiger partial charge is 0.455 e. The Hall–Kier alpha value is -2.49. The third-order valence-electron chi connectivity index (χ3n) is 2.31. The van der Waals surface area contributed by atoms with E-state index < -0.39 is 0 Å². The average Bonchev–Trinajstić information content (AvgIpc) is 2.60. The number of aromatic nitrogens is 3. The van der Waals surface area contributed by atoms with E-state index in [4.69, 9.17) is 4.74 Å². The summed E-state index contributed by atoms with van der Waals surface area (Å²) in [6, 6.07) is 11.3. The molecule has 4 heteroatoms. The second-order valence-corrected chi connectivity index (χ2v) is 3.45. The number of para-hydroxylation sites is 1. The molecule has 2 aromatic heterocycles. The maximum Gasteiger partial charge on any atom is 0.182 e. The van der Waals surface area contributed by atoms with Gasteiger partial charge in [0.25, 0.3) is 0 Å². The molecule has 0 aliphatic rings. The van der Waals surface area contributed by atoms with Crippen LogP contribution in [0.15, 0.2) is 55.0 Å². The van der Waals surface area contributed by atoms with Gasteiger partial charge in [-0.3, -0.25) is 0 Å². The van der Waals surface area contributed by atoms with Gasteiger partial charge in [0.05, 0.1) is 0 Å². The molecule has 0 unspecified atom stereocenters. The first-order chi connectivity index (χ1) is 10.4. The fourth-order valence-corrected chi connectivity index (χ4v) is 1.55. The standard InChI is InChI=1S/C13H9N3O.2C2H6/c1-2-4-10(5-3-1)17-11-6-7-15-13-12(11)14-8-9-16-13;2*1-2/h1-9H;2*1-2H3. The minimum Gasteiger partial charge on any atom is -0.455 e. The minimum atomic E-state index is 0.584. The molecular formula is C17H21N3O. The lowest BCUT2D eigenvalue weighted by Gasteiger charge is -2.06. The number of fused-ring (bicyclic) bond motifs is 1. The van der Waals surface area contributed by atoms with Crippen molar-refractivity contribution in [3.05, 3.63) is 55.0 Å². The molecule has 3 rings (SSSR count). The van der Waals surface area contributed by atoms with Crippen LogP contribution in [-0.2, 0) is 0 Å². The molecule has 0 saturated heterocycles. The zero-order valence-corrected chi connectivity index (χ0v) is 12.9. The van der Waals surface area contributed by atoms with Crippen molar-refractivity contribution < 1.29 is 4.74 Å². The molecule has 0 N–H and O–H groups in total. The van der Waals surface area contributed by atoms with Crippen molar-refractivity contribution in [2.24, 2.45) is 0 Å². The first kappa shape index (κ1) is 16.6. The SMILES string of the molecule is CC.CC.c1ccc(Oc2ccnc3nccnc23)cc1. The molecular weight excluding hydrogens is 262 g/mol. The number of ether oxygens (including phenoxy) is 1. The van der Waals surface area contributed by atoms with Gasteiger partial charge in [0.15, 0.2) is 16.9 Å². The van der Waals surface area contributed by atoms with Crippen molar-refractivity contribution in [3.63, 3.8) is 0 Å². The predicted octanol–water partition coefficient (Wildman–Crippen LogP) is 4.87. The molecule has 0 radical (unpaired) electrons. The Morgan fingerprint density at radius 3 is 2.05 bits per heavy atom. The molecule has 0 saturated carbocycles. The van der Waals surface area contributed by atoms with Gasteiger partial charge in [-0.05, 0) is 12.1 Å². The Bertz CT molecular complexity index is 636. The average molecular weight is 283 g/mol. The number of hydrogen-bond donors (Lipinski definition) is 0. The van der Waals surface area contributed by atoms with E-state index >= 15 is 0 Å². The third-order valence-corrected chi connectivity index (χ3v) is 2.31. The lowest BCUT2D eigenvalue weighted by Crippen LogP contribution is -1.91. The predicted molar refractivity (Wildman–Crippen MR) is 86.5 cm³/mol. The second kappa shape index (κ2) is 9.42. The monoisotopic (exact) mass is 283 g/mol. The van der Waals surface area contributed by atoms with Gasteiger partial charge in [-0.2, -0.15) is 0 Å². The molecule has 0 bridgehead atoms. The second-order valence-electron chi connectivity index (χ2n) is 3.45. The van der Waals surface area contributed by atoms with E-state index in [9.17, 15) is 0 Å². The Kier molecular flexibility index (Phi) is 7.43. The molecule has 21 heavy (non-hydrogen) atoms. The third kappa shape index (κ3) is 4.53. The van der Waals surface area contributed by atoms with Crippen molar-refractivity contribution in [1.29, 1.82) is 0 Å². The van der Waals surface area contributed by atoms with Crippen molar-refractivity contribution in [1.82, 2.24) is 15.0 Å². The molecule has 0 atom stereocenters. The molecule has 0 aliphatic heterocycles. The number of hydrogen-bond acceptors (Lipinski definition) is 4. The smallest absolute Gasteiger partial charge is 0.182 e. The normalized spacial score (nSPS) is 8.95. The summed E-state index contributed by atoms with van der Waals surface area (Å²) in [4.78, 5) is 12.5.